The SMILES string of the molecule is COc1ccc(C(N)=O)cc1NC1CC(O)C1(C)C. The van der Waals surface area contributed by atoms with E-state index >= 15 is 0 Å². The van der Waals surface area contributed by atoms with Gasteiger partial charge in [-0.1, -0.05) is 13.8 Å². The van der Waals surface area contributed by atoms with Crippen LogP contribution in [-0.4, -0.2) is 30.3 Å². The van der Waals surface area contributed by atoms with Gasteiger partial charge in [0.15, 0.2) is 0 Å². The predicted octanol–water partition coefficient (Wildman–Crippen LogP) is 1.37. The maximum atomic E-state index is 11.2. The number of methoxy groups -OCH3 is 1. The Morgan fingerprint density at radius 1 is 1.53 bits per heavy atom. The van der Waals surface area contributed by atoms with Gasteiger partial charge < -0.3 is 20.9 Å². The lowest BCUT2D eigenvalue weighted by atomic mass is 9.64. The van der Waals surface area contributed by atoms with Crippen LogP contribution in [0.5, 0.6) is 5.75 Å². The minimum Gasteiger partial charge on any atom is -0.495 e. The second-order valence-electron chi connectivity index (χ2n) is 5.55. The van der Waals surface area contributed by atoms with Gasteiger partial charge in [0.2, 0.25) is 5.91 Å². The fraction of sp³-hybridized carbons (Fsp3) is 0.500. The number of aliphatic hydroxyl groups excluding tert-OH is 1. The molecule has 104 valence electrons. The Labute approximate surface area is 112 Å². The van der Waals surface area contributed by atoms with E-state index in [1.807, 2.05) is 13.8 Å². The average molecular weight is 264 g/mol. The van der Waals surface area contributed by atoms with Crippen molar-refractivity contribution in [1.82, 2.24) is 0 Å². The fourth-order valence-corrected chi connectivity index (χ4v) is 2.31. The standard InChI is InChI=1S/C14H20N2O3/c1-14(2)11(7-12(14)17)16-9-6-8(13(15)18)4-5-10(9)19-3/h4-6,11-12,16-17H,7H2,1-3H3,(H2,15,18). The zero-order valence-electron chi connectivity index (χ0n) is 11.4. The molecule has 5 nitrogen and oxygen atoms in total. The first-order chi connectivity index (χ1) is 8.86. The van der Waals surface area contributed by atoms with Gasteiger partial charge in [-0.25, -0.2) is 0 Å². The second kappa shape index (κ2) is 4.74. The van der Waals surface area contributed by atoms with Gasteiger partial charge >= 0.3 is 0 Å². The predicted molar refractivity (Wildman–Crippen MR) is 73.3 cm³/mol. The Balaban J connectivity index is 2.24. The molecule has 0 heterocycles. The van der Waals surface area contributed by atoms with Crippen molar-refractivity contribution in [3.05, 3.63) is 23.8 Å². The molecule has 5 heteroatoms. The molecule has 0 aromatic heterocycles. The summed E-state index contributed by atoms with van der Waals surface area (Å²) in [6.07, 6.45) is 0.368. The normalized spacial score (nSPS) is 24.4. The highest BCUT2D eigenvalue weighted by Crippen LogP contribution is 2.43. The number of hydrogen-bond acceptors (Lipinski definition) is 4. The van der Waals surface area contributed by atoms with Gasteiger partial charge in [0, 0.05) is 17.0 Å². The summed E-state index contributed by atoms with van der Waals surface area (Å²) in [6.45, 7) is 4.01. The van der Waals surface area contributed by atoms with Gasteiger partial charge in [0.1, 0.15) is 5.75 Å². The van der Waals surface area contributed by atoms with Crippen molar-refractivity contribution in [2.75, 3.05) is 12.4 Å². The minimum absolute atomic E-state index is 0.138. The second-order valence-corrected chi connectivity index (χ2v) is 5.55. The third-order valence-electron chi connectivity index (χ3n) is 4.03. The number of carbonyl (C=O) groups excluding carboxylic acids is 1. The van der Waals surface area contributed by atoms with Gasteiger partial charge in [-0.05, 0) is 24.6 Å². The summed E-state index contributed by atoms with van der Waals surface area (Å²) >= 11 is 0. The van der Waals surface area contributed by atoms with E-state index < -0.39 is 5.91 Å². The van der Waals surface area contributed by atoms with Crippen molar-refractivity contribution in [2.45, 2.75) is 32.4 Å². The first-order valence-electron chi connectivity index (χ1n) is 6.28. The van der Waals surface area contributed by atoms with Crippen LogP contribution >= 0.6 is 0 Å². The number of benzene rings is 1. The van der Waals surface area contributed by atoms with Gasteiger partial charge in [-0.15, -0.1) is 0 Å². The summed E-state index contributed by atoms with van der Waals surface area (Å²) in [4.78, 5) is 11.2. The lowest BCUT2D eigenvalue weighted by molar-refractivity contribution is -0.0511. The molecule has 1 aromatic rings. The maximum Gasteiger partial charge on any atom is 0.248 e. The number of anilines is 1. The van der Waals surface area contributed by atoms with Crippen LogP contribution in [0.2, 0.25) is 0 Å². The molecule has 0 aliphatic heterocycles. The van der Waals surface area contributed by atoms with E-state index in [2.05, 4.69) is 5.32 Å². The summed E-state index contributed by atoms with van der Waals surface area (Å²) in [5.74, 6) is 0.181. The highest BCUT2D eigenvalue weighted by Gasteiger charge is 2.47. The van der Waals surface area contributed by atoms with Crippen LogP contribution in [0.1, 0.15) is 30.6 Å². The van der Waals surface area contributed by atoms with Crippen LogP contribution in [0.3, 0.4) is 0 Å². The number of hydrogen-bond donors (Lipinski definition) is 3. The molecule has 2 unspecified atom stereocenters. The van der Waals surface area contributed by atoms with E-state index in [0.717, 1.165) is 5.69 Å². The third-order valence-corrected chi connectivity index (χ3v) is 4.03. The Kier molecular flexibility index (Phi) is 3.41. The highest BCUT2D eigenvalue weighted by molar-refractivity contribution is 5.94. The van der Waals surface area contributed by atoms with Crippen molar-refractivity contribution in [2.24, 2.45) is 11.1 Å². The number of nitrogens with two attached hydrogens (primary N) is 1. The lowest BCUT2D eigenvalue weighted by Gasteiger charge is -2.50. The summed E-state index contributed by atoms with van der Waals surface area (Å²) < 4.78 is 5.27. The van der Waals surface area contributed by atoms with Crippen LogP contribution < -0.4 is 15.8 Å². The van der Waals surface area contributed by atoms with E-state index in [9.17, 15) is 9.90 Å². The zero-order chi connectivity index (χ0) is 14.2. The van der Waals surface area contributed by atoms with Crippen LogP contribution in [-0.2, 0) is 0 Å². The van der Waals surface area contributed by atoms with Gasteiger partial charge in [0.05, 0.1) is 18.9 Å². The molecule has 1 amide bonds. The van der Waals surface area contributed by atoms with Crippen LogP contribution in [0, 0.1) is 5.41 Å². The Morgan fingerprint density at radius 3 is 2.68 bits per heavy atom. The number of nitrogens with one attached hydrogen (secondary N) is 1. The van der Waals surface area contributed by atoms with Crippen LogP contribution in [0.15, 0.2) is 18.2 Å². The molecule has 19 heavy (non-hydrogen) atoms. The van der Waals surface area contributed by atoms with Crippen molar-refractivity contribution < 1.29 is 14.6 Å². The number of aliphatic hydroxyl groups is 1. The summed E-state index contributed by atoms with van der Waals surface area (Å²) in [6, 6.07) is 5.17. The van der Waals surface area contributed by atoms with Crippen LogP contribution in [0.4, 0.5) is 5.69 Å². The van der Waals surface area contributed by atoms with E-state index in [1.165, 1.54) is 0 Å². The molecule has 4 N–H and O–H groups in total. The quantitative estimate of drug-likeness (QED) is 0.766. The first-order valence-corrected chi connectivity index (χ1v) is 6.28. The zero-order valence-corrected chi connectivity index (χ0v) is 11.4. The molecule has 2 atom stereocenters. The molecule has 1 saturated carbocycles. The van der Waals surface area contributed by atoms with Gasteiger partial charge in [-0.3, -0.25) is 4.79 Å². The fourth-order valence-electron chi connectivity index (χ4n) is 2.31. The molecule has 0 saturated heterocycles. The Morgan fingerprint density at radius 2 is 2.21 bits per heavy atom. The molecule has 0 radical (unpaired) electrons. The monoisotopic (exact) mass is 264 g/mol. The number of ether oxygens (including phenoxy) is 1. The molecule has 0 bridgehead atoms. The Hall–Kier alpha value is -1.75. The van der Waals surface area contributed by atoms with Gasteiger partial charge in [0.25, 0.3) is 0 Å². The number of rotatable bonds is 4. The number of carbonyl (C=O) groups is 1. The van der Waals surface area contributed by atoms with E-state index in [-0.39, 0.29) is 17.6 Å². The van der Waals surface area contributed by atoms with E-state index in [4.69, 9.17) is 10.5 Å². The molecule has 0 spiro atoms. The average Bonchev–Trinajstić information content (AvgIpc) is 2.38. The van der Waals surface area contributed by atoms with Crippen molar-refractivity contribution in [3.63, 3.8) is 0 Å². The molecular weight excluding hydrogens is 244 g/mol. The number of primary amides is 1. The smallest absolute Gasteiger partial charge is 0.248 e. The first kappa shape index (κ1) is 13.7. The largest absolute Gasteiger partial charge is 0.495 e. The van der Waals surface area contributed by atoms with Crippen LogP contribution in [0.25, 0.3) is 0 Å². The molecule has 1 aromatic carbocycles. The molecule has 1 aliphatic carbocycles. The van der Waals surface area contributed by atoms with Crippen molar-refractivity contribution >= 4 is 11.6 Å². The van der Waals surface area contributed by atoms with E-state index in [0.29, 0.717) is 17.7 Å². The lowest BCUT2D eigenvalue weighted by Crippen LogP contribution is -2.56. The van der Waals surface area contributed by atoms with Crippen molar-refractivity contribution in [3.8, 4) is 5.75 Å². The van der Waals surface area contributed by atoms with Crippen molar-refractivity contribution in [1.29, 1.82) is 0 Å². The number of amides is 1. The summed E-state index contributed by atoms with van der Waals surface area (Å²) in [5, 5.41) is 13.1. The Bertz CT molecular complexity index is 499. The molecule has 1 fully saturated rings. The molecular formula is C14H20N2O3. The third kappa shape index (κ3) is 2.38. The highest BCUT2D eigenvalue weighted by atomic mass is 16.5. The maximum absolute atomic E-state index is 11.2. The topological polar surface area (TPSA) is 84.6 Å². The molecule has 1 aliphatic rings. The molecule has 2 rings (SSSR count). The van der Waals surface area contributed by atoms with E-state index in [1.54, 1.807) is 25.3 Å². The van der Waals surface area contributed by atoms with Gasteiger partial charge in [-0.2, -0.15) is 0 Å². The summed E-state index contributed by atoms with van der Waals surface area (Å²) in [7, 11) is 1.57. The minimum atomic E-state index is -0.474. The summed E-state index contributed by atoms with van der Waals surface area (Å²) in [5.41, 5.74) is 6.24.